The summed E-state index contributed by atoms with van der Waals surface area (Å²) < 4.78 is 31.7. The minimum atomic E-state index is -3.56. The summed E-state index contributed by atoms with van der Waals surface area (Å²) in [5.74, 6) is 0.554. The second kappa shape index (κ2) is 6.17. The summed E-state index contributed by atoms with van der Waals surface area (Å²) in [7, 11) is -3.56. The molecule has 0 saturated carbocycles. The molecule has 0 atom stereocenters. The summed E-state index contributed by atoms with van der Waals surface area (Å²) in [6, 6.07) is 9.85. The van der Waals surface area contributed by atoms with Crippen LogP contribution in [0.3, 0.4) is 0 Å². The molecule has 0 aliphatic carbocycles. The quantitative estimate of drug-likeness (QED) is 0.791. The molecule has 0 spiro atoms. The Hall–Kier alpha value is -1.70. The fourth-order valence-corrected chi connectivity index (χ4v) is 2.81. The maximum atomic E-state index is 12.1. The van der Waals surface area contributed by atoms with Crippen LogP contribution >= 0.6 is 12.2 Å². The number of rotatable bonds is 6. The Morgan fingerprint density at radius 2 is 1.95 bits per heavy atom. The Morgan fingerprint density at radius 3 is 2.50 bits per heavy atom. The van der Waals surface area contributed by atoms with Crippen LogP contribution in [-0.2, 0) is 23.0 Å². The lowest BCUT2D eigenvalue weighted by molar-refractivity contribution is 0.498. The van der Waals surface area contributed by atoms with Gasteiger partial charge in [-0.2, -0.15) is 0 Å². The first-order valence-electron chi connectivity index (χ1n) is 5.87. The molecule has 0 bridgehead atoms. The lowest BCUT2D eigenvalue weighted by Crippen LogP contribution is -2.23. The molecule has 0 aliphatic rings. The van der Waals surface area contributed by atoms with E-state index in [-0.39, 0.29) is 11.4 Å². The lowest BCUT2D eigenvalue weighted by atomic mass is 10.1. The van der Waals surface area contributed by atoms with Gasteiger partial charge < -0.3 is 10.2 Å². The molecule has 1 heterocycles. The molecule has 0 radical (unpaired) electrons. The smallest absolute Gasteiger partial charge is 0.240 e. The van der Waals surface area contributed by atoms with Gasteiger partial charge in [0.25, 0.3) is 0 Å². The van der Waals surface area contributed by atoms with Gasteiger partial charge in [0.05, 0.1) is 22.7 Å². The van der Waals surface area contributed by atoms with Crippen LogP contribution in [-0.4, -0.2) is 13.4 Å². The van der Waals surface area contributed by atoms with Crippen molar-refractivity contribution in [1.82, 2.24) is 4.72 Å². The predicted molar refractivity (Wildman–Crippen MR) is 79.7 cm³/mol. The first-order chi connectivity index (χ1) is 9.47. The van der Waals surface area contributed by atoms with Crippen LogP contribution in [0, 0.1) is 0 Å². The van der Waals surface area contributed by atoms with Gasteiger partial charge >= 0.3 is 0 Å². The summed E-state index contributed by atoms with van der Waals surface area (Å²) in [5, 5.41) is 0. The van der Waals surface area contributed by atoms with E-state index in [9.17, 15) is 8.42 Å². The number of hydrogen-bond donors (Lipinski definition) is 2. The van der Waals surface area contributed by atoms with Gasteiger partial charge in [0.2, 0.25) is 10.0 Å². The highest BCUT2D eigenvalue weighted by atomic mass is 32.2. The summed E-state index contributed by atoms with van der Waals surface area (Å²) in [6.45, 7) is 0.115. The Balaban J connectivity index is 2.07. The fraction of sp³-hybridized carbons (Fsp3) is 0.154. The highest BCUT2D eigenvalue weighted by Crippen LogP contribution is 2.12. The highest BCUT2D eigenvalue weighted by molar-refractivity contribution is 7.89. The Morgan fingerprint density at radius 1 is 1.25 bits per heavy atom. The molecule has 20 heavy (non-hydrogen) atoms. The third-order valence-corrected chi connectivity index (χ3v) is 4.19. The van der Waals surface area contributed by atoms with Crippen molar-refractivity contribution in [2.45, 2.75) is 17.9 Å². The first kappa shape index (κ1) is 14.7. The first-order valence-corrected chi connectivity index (χ1v) is 7.76. The number of sulfonamides is 1. The zero-order valence-corrected chi connectivity index (χ0v) is 12.2. The van der Waals surface area contributed by atoms with Crippen molar-refractivity contribution < 1.29 is 12.8 Å². The maximum Gasteiger partial charge on any atom is 0.240 e. The molecule has 0 fully saturated rings. The Bertz CT molecular complexity index is 677. The minimum absolute atomic E-state index is 0.115. The molecular weight excluding hydrogens is 296 g/mol. The molecule has 2 aromatic rings. The van der Waals surface area contributed by atoms with Crippen molar-refractivity contribution in [3.8, 4) is 0 Å². The molecule has 5 nitrogen and oxygen atoms in total. The molecule has 2 rings (SSSR count). The van der Waals surface area contributed by atoms with E-state index in [1.54, 1.807) is 24.3 Å². The Labute approximate surface area is 122 Å². The largest absolute Gasteiger partial charge is 0.468 e. The van der Waals surface area contributed by atoms with E-state index in [1.807, 2.05) is 0 Å². The molecule has 0 unspecified atom stereocenters. The van der Waals surface area contributed by atoms with E-state index in [4.69, 9.17) is 22.4 Å². The number of nitrogens with two attached hydrogens (primary N) is 1. The summed E-state index contributed by atoms with van der Waals surface area (Å²) in [5.41, 5.74) is 6.32. The van der Waals surface area contributed by atoms with Crippen LogP contribution in [0.15, 0.2) is 52.0 Å². The average Bonchev–Trinajstić information content (AvgIpc) is 2.89. The predicted octanol–water partition coefficient (Wildman–Crippen LogP) is 1.59. The van der Waals surface area contributed by atoms with Crippen molar-refractivity contribution in [2.24, 2.45) is 5.73 Å². The van der Waals surface area contributed by atoms with Gasteiger partial charge in [-0.1, -0.05) is 24.4 Å². The molecule has 7 heteroatoms. The molecule has 0 saturated heterocycles. The van der Waals surface area contributed by atoms with Crippen LogP contribution in [0.25, 0.3) is 0 Å². The van der Waals surface area contributed by atoms with Crippen LogP contribution in [0.1, 0.15) is 11.3 Å². The number of nitrogens with one attached hydrogen (secondary N) is 1. The monoisotopic (exact) mass is 310 g/mol. The van der Waals surface area contributed by atoms with Crippen LogP contribution in [0.4, 0.5) is 0 Å². The molecule has 1 aromatic heterocycles. The van der Waals surface area contributed by atoms with Crippen LogP contribution < -0.4 is 10.5 Å². The van der Waals surface area contributed by atoms with Gasteiger partial charge in [-0.05, 0) is 29.8 Å². The SMILES string of the molecule is NC(=S)Cc1ccc(S(=O)(=O)NCc2ccco2)cc1. The normalized spacial score (nSPS) is 11.4. The van der Waals surface area contributed by atoms with Gasteiger partial charge in [0, 0.05) is 6.42 Å². The second-order valence-corrected chi connectivity index (χ2v) is 6.48. The number of hydrogen-bond acceptors (Lipinski definition) is 4. The molecule has 3 N–H and O–H groups in total. The van der Waals surface area contributed by atoms with E-state index in [0.717, 1.165) is 5.56 Å². The summed E-state index contributed by atoms with van der Waals surface area (Å²) >= 11 is 4.81. The number of furan rings is 1. The van der Waals surface area contributed by atoms with E-state index in [2.05, 4.69) is 4.72 Å². The minimum Gasteiger partial charge on any atom is -0.468 e. The van der Waals surface area contributed by atoms with E-state index in [0.29, 0.717) is 17.2 Å². The third kappa shape index (κ3) is 3.89. The molecule has 0 amide bonds. The van der Waals surface area contributed by atoms with Crippen molar-refractivity contribution in [2.75, 3.05) is 0 Å². The standard InChI is InChI=1S/C13H14N2O3S2/c14-13(19)8-10-3-5-12(6-4-10)20(16,17)15-9-11-2-1-7-18-11/h1-7,15H,8-9H2,(H2,14,19). The second-order valence-electron chi connectivity index (χ2n) is 4.19. The Kier molecular flexibility index (Phi) is 4.53. The number of thiocarbonyl (C=S) groups is 1. The van der Waals surface area contributed by atoms with Gasteiger partial charge in [-0.25, -0.2) is 13.1 Å². The number of benzene rings is 1. The van der Waals surface area contributed by atoms with E-state index in [1.165, 1.54) is 18.4 Å². The van der Waals surface area contributed by atoms with Crippen LogP contribution in [0.2, 0.25) is 0 Å². The zero-order chi connectivity index (χ0) is 14.6. The molecular formula is C13H14N2O3S2. The fourth-order valence-electron chi connectivity index (χ4n) is 1.65. The van der Waals surface area contributed by atoms with Crippen molar-refractivity contribution in [1.29, 1.82) is 0 Å². The summed E-state index contributed by atoms with van der Waals surface area (Å²) in [4.78, 5) is 0.562. The van der Waals surface area contributed by atoms with Gasteiger partial charge in [-0.15, -0.1) is 0 Å². The molecule has 106 valence electrons. The van der Waals surface area contributed by atoms with Crippen LogP contribution in [0.5, 0.6) is 0 Å². The molecule has 1 aromatic carbocycles. The van der Waals surface area contributed by atoms with Crippen molar-refractivity contribution in [3.05, 3.63) is 54.0 Å². The van der Waals surface area contributed by atoms with Crippen molar-refractivity contribution in [3.63, 3.8) is 0 Å². The average molecular weight is 310 g/mol. The molecule has 0 aliphatic heterocycles. The van der Waals surface area contributed by atoms with E-state index >= 15 is 0 Å². The van der Waals surface area contributed by atoms with Gasteiger partial charge in [0.1, 0.15) is 5.76 Å². The topological polar surface area (TPSA) is 85.3 Å². The van der Waals surface area contributed by atoms with Gasteiger partial charge in [0.15, 0.2) is 0 Å². The third-order valence-electron chi connectivity index (χ3n) is 2.63. The lowest BCUT2D eigenvalue weighted by Gasteiger charge is -2.06. The summed E-state index contributed by atoms with van der Waals surface area (Å²) in [6.07, 6.45) is 1.95. The van der Waals surface area contributed by atoms with E-state index < -0.39 is 10.0 Å². The zero-order valence-electron chi connectivity index (χ0n) is 10.6. The van der Waals surface area contributed by atoms with Crippen molar-refractivity contribution >= 4 is 27.2 Å². The highest BCUT2D eigenvalue weighted by Gasteiger charge is 2.14. The maximum absolute atomic E-state index is 12.1. The van der Waals surface area contributed by atoms with Gasteiger partial charge in [-0.3, -0.25) is 0 Å².